The van der Waals surface area contributed by atoms with E-state index >= 15 is 0 Å². The molecule has 0 aromatic carbocycles. The number of hydrogen-bond donors (Lipinski definition) is 0. The molecule has 0 spiro atoms. The maximum Gasteiger partial charge on any atom is 0.241 e. The highest BCUT2D eigenvalue weighted by Crippen LogP contribution is 2.38. The Balaban J connectivity index is 6.21. The lowest BCUT2D eigenvalue weighted by Gasteiger charge is -2.51. The molecule has 0 saturated carbocycles. The molecule has 0 atom stereocenters. The van der Waals surface area contributed by atoms with Crippen LogP contribution in [0.25, 0.3) is 0 Å². The quantitative estimate of drug-likeness (QED) is 0.442. The zero-order valence-corrected chi connectivity index (χ0v) is 19.9. The molecular weight excluding hydrogens is 306 g/mol. The van der Waals surface area contributed by atoms with Crippen LogP contribution >= 0.6 is 0 Å². The van der Waals surface area contributed by atoms with Crippen LogP contribution in [0.4, 0.5) is 0 Å². The Hall–Kier alpha value is -0.00935. The van der Waals surface area contributed by atoms with Crippen molar-refractivity contribution < 1.29 is 4.43 Å². The van der Waals surface area contributed by atoms with E-state index in [1.54, 1.807) is 0 Å². The van der Waals surface area contributed by atoms with Gasteiger partial charge in [0.15, 0.2) is 0 Å². The van der Waals surface area contributed by atoms with E-state index in [2.05, 4.69) is 90.8 Å². The van der Waals surface area contributed by atoms with Crippen LogP contribution in [0.2, 0.25) is 58.9 Å². The van der Waals surface area contributed by atoms with E-state index in [0.29, 0.717) is 0 Å². The lowest BCUT2D eigenvalue weighted by molar-refractivity contribution is 0.349. The summed E-state index contributed by atoms with van der Waals surface area (Å²) in [5, 5.41) is 0. The molecule has 0 aliphatic heterocycles. The van der Waals surface area contributed by atoms with Gasteiger partial charge < -0.3 is 8.66 Å². The zero-order valence-electron chi connectivity index (χ0n) is 16.9. The molecule has 0 aromatic rings. The van der Waals surface area contributed by atoms with E-state index in [-0.39, 0.29) is 5.41 Å². The van der Waals surface area contributed by atoms with Crippen LogP contribution < -0.4 is 0 Å². The summed E-state index contributed by atoms with van der Waals surface area (Å²) in [6.07, 6.45) is 0. The first-order valence-corrected chi connectivity index (χ1v) is 18.4. The summed E-state index contributed by atoms with van der Waals surface area (Å²) < 4.78 is 9.23. The van der Waals surface area contributed by atoms with E-state index in [0.717, 1.165) is 5.76 Å². The van der Waals surface area contributed by atoms with E-state index in [9.17, 15) is 0 Å². The average molecular weight is 346 g/mol. The van der Waals surface area contributed by atoms with Crippen LogP contribution in [0.5, 0.6) is 0 Å². The molecule has 21 heavy (non-hydrogen) atoms. The van der Waals surface area contributed by atoms with Gasteiger partial charge in [-0.05, 0) is 26.6 Å². The van der Waals surface area contributed by atoms with Crippen LogP contribution in [0.3, 0.4) is 0 Å². The first-order chi connectivity index (χ1) is 8.87. The average Bonchev–Trinajstić information content (AvgIpc) is 2.03. The van der Waals surface area contributed by atoms with E-state index < -0.39 is 24.8 Å². The van der Waals surface area contributed by atoms with E-state index in [1.807, 2.05) is 0 Å². The van der Waals surface area contributed by atoms with Gasteiger partial charge in [-0.15, -0.1) is 0 Å². The van der Waals surface area contributed by atoms with E-state index in [4.69, 9.17) is 4.43 Å². The number of rotatable bonds is 5. The molecule has 0 aliphatic rings. The molecular formula is C16H39NOSi3. The number of allylic oxidation sites excluding steroid dienone is 2. The minimum atomic E-state index is -1.58. The number of nitrogens with zero attached hydrogens (tertiary/aromatic N) is 1. The minimum Gasteiger partial charge on any atom is -0.546 e. The Morgan fingerprint density at radius 1 is 0.762 bits per heavy atom. The molecule has 0 amide bonds. The van der Waals surface area contributed by atoms with Gasteiger partial charge in [0.25, 0.3) is 0 Å². The van der Waals surface area contributed by atoms with Gasteiger partial charge >= 0.3 is 0 Å². The predicted molar refractivity (Wildman–Crippen MR) is 105 cm³/mol. The van der Waals surface area contributed by atoms with Gasteiger partial charge in [-0.1, -0.05) is 60.1 Å². The molecule has 0 saturated heterocycles. The van der Waals surface area contributed by atoms with Gasteiger partial charge in [0.05, 0.1) is 5.76 Å². The van der Waals surface area contributed by atoms with Crippen LogP contribution in [-0.4, -0.2) is 29.0 Å². The molecule has 0 bridgehead atoms. The Bertz CT molecular complexity index is 376. The fourth-order valence-corrected chi connectivity index (χ4v) is 14.6. The first kappa shape index (κ1) is 21.0. The van der Waals surface area contributed by atoms with Crippen molar-refractivity contribution >= 4 is 24.8 Å². The Morgan fingerprint density at radius 3 is 1.29 bits per heavy atom. The predicted octanol–water partition coefficient (Wildman–Crippen LogP) is 6.09. The Morgan fingerprint density at radius 2 is 1.10 bits per heavy atom. The van der Waals surface area contributed by atoms with Gasteiger partial charge in [-0.3, -0.25) is 0 Å². The standard InChI is InChI=1S/C16H39NOSi3/c1-14(18-21(11,12)13)15(16(2,3)4)17(19(5,6)7)20(8,9)10/h1-13H3/b15-14-. The van der Waals surface area contributed by atoms with Gasteiger partial charge in [0, 0.05) is 11.1 Å². The molecule has 126 valence electrons. The van der Waals surface area contributed by atoms with Crippen LogP contribution in [0.1, 0.15) is 27.7 Å². The maximum absolute atomic E-state index is 6.42. The SMILES string of the molecule is C/C(O[Si](C)(C)C)=C(/N([Si](C)(C)C)[Si](C)(C)C)C(C)(C)C. The lowest BCUT2D eigenvalue weighted by Crippen LogP contribution is -2.60. The molecule has 0 aromatic heterocycles. The van der Waals surface area contributed by atoms with Gasteiger partial charge in [-0.25, -0.2) is 0 Å². The second-order valence-electron chi connectivity index (χ2n) is 10.0. The van der Waals surface area contributed by atoms with Crippen molar-refractivity contribution in [3.05, 3.63) is 11.5 Å². The Kier molecular flexibility index (Phi) is 6.24. The summed E-state index contributed by atoms with van der Waals surface area (Å²) in [5.74, 6) is 1.16. The smallest absolute Gasteiger partial charge is 0.241 e. The minimum absolute atomic E-state index is 0.115. The van der Waals surface area contributed by atoms with Crippen molar-refractivity contribution in [1.82, 2.24) is 4.23 Å². The summed E-state index contributed by atoms with van der Waals surface area (Å²) in [6.45, 7) is 30.7. The second kappa shape index (κ2) is 6.24. The lowest BCUT2D eigenvalue weighted by atomic mass is 9.92. The van der Waals surface area contributed by atoms with Gasteiger partial charge in [0.1, 0.15) is 16.5 Å². The second-order valence-corrected chi connectivity index (χ2v) is 24.5. The highest BCUT2D eigenvalue weighted by atomic mass is 28.4. The molecule has 2 nitrogen and oxygen atoms in total. The summed E-state index contributed by atoms with van der Waals surface area (Å²) in [4.78, 5) is 0. The van der Waals surface area contributed by atoms with Crippen molar-refractivity contribution in [2.24, 2.45) is 5.41 Å². The van der Waals surface area contributed by atoms with Crippen LogP contribution in [0, 0.1) is 5.41 Å². The summed E-state index contributed by atoms with van der Waals surface area (Å²) in [7, 11) is -4.50. The third-order valence-corrected chi connectivity index (χ3v) is 11.1. The summed E-state index contributed by atoms with van der Waals surface area (Å²) in [6, 6.07) is 0. The molecule has 0 fully saturated rings. The first-order valence-electron chi connectivity index (χ1n) is 8.08. The normalized spacial score (nSPS) is 15.7. The largest absolute Gasteiger partial charge is 0.546 e. The molecule has 0 rings (SSSR count). The molecule has 0 radical (unpaired) electrons. The molecule has 0 aliphatic carbocycles. The maximum atomic E-state index is 6.42. The topological polar surface area (TPSA) is 12.5 Å². The molecule has 5 heteroatoms. The monoisotopic (exact) mass is 345 g/mol. The summed E-state index contributed by atoms with van der Waals surface area (Å²) >= 11 is 0. The third kappa shape index (κ3) is 6.74. The van der Waals surface area contributed by atoms with E-state index in [1.165, 1.54) is 5.70 Å². The van der Waals surface area contributed by atoms with Crippen molar-refractivity contribution in [2.45, 2.75) is 86.6 Å². The highest BCUT2D eigenvalue weighted by molar-refractivity contribution is 6.90. The summed E-state index contributed by atoms with van der Waals surface area (Å²) in [5.41, 5.74) is 1.56. The Labute approximate surface area is 137 Å². The van der Waals surface area contributed by atoms with Crippen molar-refractivity contribution in [1.29, 1.82) is 0 Å². The fraction of sp³-hybridized carbons (Fsp3) is 0.875. The molecule has 0 heterocycles. The highest BCUT2D eigenvalue weighted by Gasteiger charge is 2.41. The van der Waals surface area contributed by atoms with Gasteiger partial charge in [0.2, 0.25) is 8.32 Å². The molecule has 0 N–H and O–H groups in total. The van der Waals surface area contributed by atoms with Crippen molar-refractivity contribution in [3.63, 3.8) is 0 Å². The van der Waals surface area contributed by atoms with Crippen molar-refractivity contribution in [3.8, 4) is 0 Å². The fourth-order valence-electron chi connectivity index (χ4n) is 3.21. The van der Waals surface area contributed by atoms with Crippen LogP contribution in [-0.2, 0) is 4.43 Å². The molecule has 0 unspecified atom stereocenters. The third-order valence-electron chi connectivity index (χ3n) is 3.07. The van der Waals surface area contributed by atoms with Crippen molar-refractivity contribution in [2.75, 3.05) is 0 Å². The zero-order chi connectivity index (χ0) is 17.4. The van der Waals surface area contributed by atoms with Crippen LogP contribution in [0.15, 0.2) is 11.5 Å². The van der Waals surface area contributed by atoms with Gasteiger partial charge in [-0.2, -0.15) is 0 Å². The number of hydrogen-bond acceptors (Lipinski definition) is 2.